The van der Waals surface area contributed by atoms with Crippen molar-refractivity contribution in [1.82, 2.24) is 9.78 Å². The molecular formula is C19H19N3O. The van der Waals surface area contributed by atoms with Gasteiger partial charge in [-0.2, -0.15) is 5.10 Å². The predicted molar refractivity (Wildman–Crippen MR) is 92.2 cm³/mol. The van der Waals surface area contributed by atoms with E-state index >= 15 is 0 Å². The molecule has 3 rings (SSSR count). The third-order valence-electron chi connectivity index (χ3n) is 3.68. The van der Waals surface area contributed by atoms with Crippen molar-refractivity contribution in [3.63, 3.8) is 0 Å². The molecule has 0 saturated heterocycles. The predicted octanol–water partition coefficient (Wildman–Crippen LogP) is 3.81. The summed E-state index contributed by atoms with van der Waals surface area (Å²) >= 11 is 0. The van der Waals surface area contributed by atoms with Crippen LogP contribution in [0.2, 0.25) is 0 Å². The average molecular weight is 305 g/mol. The highest BCUT2D eigenvalue weighted by molar-refractivity contribution is 5.95. The number of carbonyl (C=O) groups excluding carboxylic acids is 1. The molecule has 4 heteroatoms. The number of hydrogen-bond donors (Lipinski definition) is 1. The smallest absolute Gasteiger partial charge is 0.246 e. The summed E-state index contributed by atoms with van der Waals surface area (Å²) in [6.07, 6.45) is 0. The van der Waals surface area contributed by atoms with Crippen LogP contribution in [0.25, 0.3) is 11.1 Å². The lowest BCUT2D eigenvalue weighted by atomic mass is 10.0. The summed E-state index contributed by atoms with van der Waals surface area (Å²) in [4.78, 5) is 12.4. The van der Waals surface area contributed by atoms with E-state index in [1.807, 2.05) is 74.5 Å². The highest BCUT2D eigenvalue weighted by Crippen LogP contribution is 2.27. The SMILES string of the molecule is Cc1cc(C)n(CC(=O)Nc2ccccc2-c2ccccc2)n1. The van der Waals surface area contributed by atoms with Crippen LogP contribution in [0.15, 0.2) is 60.7 Å². The molecule has 0 aliphatic rings. The minimum atomic E-state index is -0.0837. The highest BCUT2D eigenvalue weighted by Gasteiger charge is 2.10. The van der Waals surface area contributed by atoms with Crippen LogP contribution in [-0.2, 0) is 11.3 Å². The Morgan fingerprint density at radius 1 is 1.04 bits per heavy atom. The molecule has 1 amide bonds. The van der Waals surface area contributed by atoms with Crippen LogP contribution in [0.4, 0.5) is 5.69 Å². The molecule has 0 atom stereocenters. The molecular weight excluding hydrogens is 286 g/mol. The van der Waals surface area contributed by atoms with Crippen LogP contribution in [0.1, 0.15) is 11.4 Å². The first-order valence-electron chi connectivity index (χ1n) is 7.59. The fraction of sp³-hybridized carbons (Fsp3) is 0.158. The van der Waals surface area contributed by atoms with Crippen molar-refractivity contribution in [2.24, 2.45) is 0 Å². The monoisotopic (exact) mass is 305 g/mol. The lowest BCUT2D eigenvalue weighted by Crippen LogP contribution is -2.20. The van der Waals surface area contributed by atoms with Gasteiger partial charge in [0.2, 0.25) is 5.91 Å². The molecule has 0 saturated carbocycles. The fourth-order valence-electron chi connectivity index (χ4n) is 2.62. The third-order valence-corrected chi connectivity index (χ3v) is 3.68. The Balaban J connectivity index is 1.81. The van der Waals surface area contributed by atoms with E-state index in [9.17, 15) is 4.79 Å². The first-order valence-corrected chi connectivity index (χ1v) is 7.59. The second kappa shape index (κ2) is 6.48. The van der Waals surface area contributed by atoms with Crippen LogP contribution in [0.3, 0.4) is 0 Å². The van der Waals surface area contributed by atoms with Crippen LogP contribution < -0.4 is 5.32 Å². The van der Waals surface area contributed by atoms with Gasteiger partial charge in [0, 0.05) is 16.9 Å². The molecule has 0 bridgehead atoms. The normalized spacial score (nSPS) is 10.5. The molecule has 0 fully saturated rings. The van der Waals surface area contributed by atoms with E-state index in [4.69, 9.17) is 0 Å². The number of amides is 1. The van der Waals surface area contributed by atoms with Gasteiger partial charge >= 0.3 is 0 Å². The Kier molecular flexibility index (Phi) is 4.24. The van der Waals surface area contributed by atoms with Gasteiger partial charge in [-0.15, -0.1) is 0 Å². The number of benzene rings is 2. The summed E-state index contributed by atoms with van der Waals surface area (Å²) in [5, 5.41) is 7.32. The Morgan fingerprint density at radius 3 is 2.43 bits per heavy atom. The fourth-order valence-corrected chi connectivity index (χ4v) is 2.62. The number of aryl methyl sites for hydroxylation is 2. The van der Waals surface area contributed by atoms with Crippen LogP contribution in [-0.4, -0.2) is 15.7 Å². The minimum absolute atomic E-state index is 0.0837. The standard InChI is InChI=1S/C19H19N3O/c1-14-12-15(2)22(21-14)13-19(23)20-18-11-7-6-10-17(18)16-8-4-3-5-9-16/h3-12H,13H2,1-2H3,(H,20,23). The van der Waals surface area contributed by atoms with E-state index in [0.717, 1.165) is 28.2 Å². The minimum Gasteiger partial charge on any atom is -0.324 e. The van der Waals surface area contributed by atoms with Gasteiger partial charge < -0.3 is 5.32 Å². The number of hydrogen-bond acceptors (Lipinski definition) is 2. The van der Waals surface area contributed by atoms with Crippen molar-refractivity contribution < 1.29 is 4.79 Å². The van der Waals surface area contributed by atoms with Crippen molar-refractivity contribution in [3.05, 3.63) is 72.1 Å². The molecule has 0 aliphatic heterocycles. The molecule has 3 aromatic rings. The van der Waals surface area contributed by atoms with Gasteiger partial charge in [-0.3, -0.25) is 9.48 Å². The van der Waals surface area contributed by atoms with Gasteiger partial charge in [0.25, 0.3) is 0 Å². The summed E-state index contributed by atoms with van der Waals surface area (Å²) in [6, 6.07) is 19.8. The van der Waals surface area contributed by atoms with Crippen LogP contribution in [0.5, 0.6) is 0 Å². The van der Waals surface area contributed by atoms with E-state index in [2.05, 4.69) is 10.4 Å². The number of para-hydroxylation sites is 1. The molecule has 0 spiro atoms. The first-order chi connectivity index (χ1) is 11.1. The summed E-state index contributed by atoms with van der Waals surface area (Å²) in [7, 11) is 0. The molecule has 1 heterocycles. The van der Waals surface area contributed by atoms with Gasteiger partial charge in [-0.05, 0) is 31.5 Å². The van der Waals surface area contributed by atoms with E-state index in [1.54, 1.807) is 4.68 Å². The van der Waals surface area contributed by atoms with Crippen LogP contribution >= 0.6 is 0 Å². The Morgan fingerprint density at radius 2 is 1.74 bits per heavy atom. The van der Waals surface area contributed by atoms with E-state index < -0.39 is 0 Å². The van der Waals surface area contributed by atoms with Crippen molar-refractivity contribution in [3.8, 4) is 11.1 Å². The zero-order valence-corrected chi connectivity index (χ0v) is 13.3. The number of carbonyl (C=O) groups is 1. The van der Waals surface area contributed by atoms with Crippen molar-refractivity contribution in [2.75, 3.05) is 5.32 Å². The van der Waals surface area contributed by atoms with Gasteiger partial charge in [0.1, 0.15) is 6.54 Å². The molecule has 4 nitrogen and oxygen atoms in total. The number of nitrogens with one attached hydrogen (secondary N) is 1. The lowest BCUT2D eigenvalue weighted by Gasteiger charge is -2.12. The average Bonchev–Trinajstić information content (AvgIpc) is 2.86. The Bertz CT molecular complexity index is 822. The second-order valence-corrected chi connectivity index (χ2v) is 5.54. The summed E-state index contributed by atoms with van der Waals surface area (Å²) in [5.41, 5.74) is 4.79. The quantitative estimate of drug-likeness (QED) is 0.797. The molecule has 116 valence electrons. The molecule has 0 radical (unpaired) electrons. The molecule has 1 aromatic heterocycles. The van der Waals surface area contributed by atoms with Crippen molar-refractivity contribution in [2.45, 2.75) is 20.4 Å². The molecule has 1 N–H and O–H groups in total. The first kappa shape index (κ1) is 15.0. The largest absolute Gasteiger partial charge is 0.324 e. The van der Waals surface area contributed by atoms with Crippen LogP contribution in [0, 0.1) is 13.8 Å². The summed E-state index contributed by atoms with van der Waals surface area (Å²) in [6.45, 7) is 4.08. The zero-order valence-electron chi connectivity index (χ0n) is 13.3. The molecule has 0 unspecified atom stereocenters. The lowest BCUT2D eigenvalue weighted by molar-refractivity contribution is -0.116. The number of rotatable bonds is 4. The van der Waals surface area contributed by atoms with Gasteiger partial charge in [-0.25, -0.2) is 0 Å². The van der Waals surface area contributed by atoms with Gasteiger partial charge in [0.05, 0.1) is 5.69 Å². The van der Waals surface area contributed by atoms with E-state index in [1.165, 1.54) is 0 Å². The highest BCUT2D eigenvalue weighted by atomic mass is 16.2. The Hall–Kier alpha value is -2.88. The topological polar surface area (TPSA) is 46.9 Å². The number of nitrogens with zero attached hydrogens (tertiary/aromatic N) is 2. The second-order valence-electron chi connectivity index (χ2n) is 5.54. The number of anilines is 1. The molecule has 23 heavy (non-hydrogen) atoms. The molecule has 2 aromatic carbocycles. The maximum atomic E-state index is 12.4. The maximum Gasteiger partial charge on any atom is 0.246 e. The Labute approximate surface area is 135 Å². The van der Waals surface area contributed by atoms with E-state index in [-0.39, 0.29) is 12.5 Å². The summed E-state index contributed by atoms with van der Waals surface area (Å²) in [5.74, 6) is -0.0837. The van der Waals surface area contributed by atoms with Gasteiger partial charge in [-0.1, -0.05) is 48.5 Å². The van der Waals surface area contributed by atoms with Crippen molar-refractivity contribution in [1.29, 1.82) is 0 Å². The molecule has 0 aliphatic carbocycles. The number of aromatic nitrogens is 2. The van der Waals surface area contributed by atoms with E-state index in [0.29, 0.717) is 0 Å². The zero-order chi connectivity index (χ0) is 16.2. The van der Waals surface area contributed by atoms with Crippen molar-refractivity contribution >= 4 is 11.6 Å². The van der Waals surface area contributed by atoms with Gasteiger partial charge in [0.15, 0.2) is 0 Å². The summed E-state index contributed by atoms with van der Waals surface area (Å²) < 4.78 is 1.72. The third kappa shape index (κ3) is 3.48. The maximum absolute atomic E-state index is 12.4.